The van der Waals surface area contributed by atoms with E-state index in [1.54, 1.807) is 0 Å². The van der Waals surface area contributed by atoms with Crippen molar-refractivity contribution >= 4 is 23.2 Å². The van der Waals surface area contributed by atoms with Crippen molar-refractivity contribution in [2.24, 2.45) is 5.73 Å². The van der Waals surface area contributed by atoms with Gasteiger partial charge < -0.3 is 5.73 Å². The van der Waals surface area contributed by atoms with Crippen LogP contribution < -0.4 is 11.1 Å². The molecule has 0 bridgehead atoms. The molecular weight excluding hydrogens is 241 g/mol. The summed E-state index contributed by atoms with van der Waals surface area (Å²) in [7, 11) is 0. The number of nitrogens with two attached hydrogens (primary N) is 1. The first-order chi connectivity index (χ1) is 7.30. The lowest BCUT2D eigenvalue weighted by Crippen LogP contribution is -2.34. The van der Waals surface area contributed by atoms with Gasteiger partial charge in [0.1, 0.15) is 0 Å². The molecule has 3 N–H and O–H groups in total. The molecule has 86 valence electrons. The molecule has 1 rings (SSSR count). The zero-order valence-corrected chi connectivity index (χ0v) is 8.65. The molecule has 0 heterocycles. The molecule has 0 radical (unpaired) electrons. The fourth-order valence-corrected chi connectivity index (χ4v) is 1.09. The van der Waals surface area contributed by atoms with E-state index in [4.69, 9.17) is 5.73 Å². The van der Waals surface area contributed by atoms with E-state index in [1.807, 2.05) is 0 Å². The zero-order valence-electron chi connectivity index (χ0n) is 7.84. The molecule has 0 aliphatic rings. The van der Waals surface area contributed by atoms with Gasteiger partial charge in [0.2, 0.25) is 0 Å². The molecule has 16 heavy (non-hydrogen) atoms. The molecule has 0 saturated carbocycles. The van der Waals surface area contributed by atoms with E-state index in [0.29, 0.717) is 0 Å². The fraction of sp³-hybridized carbons (Fsp3) is 0.111. The highest BCUT2D eigenvalue weighted by molar-refractivity contribution is 7.80. The van der Waals surface area contributed by atoms with Crippen LogP contribution in [0.2, 0.25) is 0 Å². The summed E-state index contributed by atoms with van der Waals surface area (Å²) in [5, 5.41) is 1.87. The topological polar surface area (TPSA) is 55.1 Å². The van der Waals surface area contributed by atoms with Crippen LogP contribution in [0.15, 0.2) is 24.3 Å². The second-order valence-electron chi connectivity index (χ2n) is 2.89. The molecule has 1 aromatic rings. The Morgan fingerprint density at radius 2 is 1.75 bits per heavy atom. The van der Waals surface area contributed by atoms with Crippen LogP contribution in [0.1, 0.15) is 15.9 Å². The number of rotatable bonds is 1. The maximum absolute atomic E-state index is 12.2. The van der Waals surface area contributed by atoms with Crippen molar-refractivity contribution in [3.05, 3.63) is 35.4 Å². The molecule has 0 aliphatic heterocycles. The maximum Gasteiger partial charge on any atom is 0.416 e. The minimum absolute atomic E-state index is 0.0563. The third-order valence-corrected chi connectivity index (χ3v) is 1.81. The number of thiocarbonyl (C=S) groups is 1. The quantitative estimate of drug-likeness (QED) is 0.743. The first-order valence-corrected chi connectivity index (χ1v) is 4.49. The van der Waals surface area contributed by atoms with Gasteiger partial charge in [-0.3, -0.25) is 10.1 Å². The highest BCUT2D eigenvalue weighted by Crippen LogP contribution is 2.28. The first kappa shape index (κ1) is 12.4. The summed E-state index contributed by atoms with van der Waals surface area (Å²) in [5.41, 5.74) is 4.29. The number of carbonyl (C=O) groups excluding carboxylic acids is 1. The summed E-state index contributed by atoms with van der Waals surface area (Å²) in [6.07, 6.45) is -4.42. The number of hydrogen-bond donors (Lipinski definition) is 2. The summed E-state index contributed by atoms with van der Waals surface area (Å²) >= 11 is 4.42. The van der Waals surface area contributed by atoms with Crippen molar-refractivity contribution in [1.82, 2.24) is 5.32 Å². The average Bonchev–Trinajstić information content (AvgIpc) is 2.15. The van der Waals surface area contributed by atoms with E-state index in [9.17, 15) is 18.0 Å². The second-order valence-corrected chi connectivity index (χ2v) is 3.33. The molecule has 1 aromatic carbocycles. The smallest absolute Gasteiger partial charge is 0.376 e. The number of halogens is 3. The lowest BCUT2D eigenvalue weighted by Gasteiger charge is -2.07. The third kappa shape index (κ3) is 3.20. The van der Waals surface area contributed by atoms with Crippen LogP contribution in [0.25, 0.3) is 0 Å². The van der Waals surface area contributed by atoms with Crippen molar-refractivity contribution in [2.45, 2.75) is 6.18 Å². The van der Waals surface area contributed by atoms with Gasteiger partial charge in [0.05, 0.1) is 5.56 Å². The van der Waals surface area contributed by atoms with Gasteiger partial charge in [-0.05, 0) is 36.5 Å². The Balaban J connectivity index is 2.87. The number of amides is 1. The second kappa shape index (κ2) is 4.48. The lowest BCUT2D eigenvalue weighted by atomic mass is 10.1. The number of alkyl halides is 3. The Hall–Kier alpha value is -1.63. The Kier molecular flexibility index (Phi) is 3.48. The molecule has 1 amide bonds. The highest BCUT2D eigenvalue weighted by atomic mass is 32.1. The molecule has 0 fully saturated rings. The van der Waals surface area contributed by atoms with Gasteiger partial charge in [-0.2, -0.15) is 13.2 Å². The summed E-state index contributed by atoms with van der Waals surface area (Å²) in [5.74, 6) is -0.638. The van der Waals surface area contributed by atoms with Gasteiger partial charge in [-0.1, -0.05) is 0 Å². The number of nitrogens with one attached hydrogen (secondary N) is 1. The van der Waals surface area contributed by atoms with E-state index >= 15 is 0 Å². The maximum atomic E-state index is 12.2. The third-order valence-electron chi connectivity index (χ3n) is 1.71. The van der Waals surface area contributed by atoms with Crippen LogP contribution in [-0.4, -0.2) is 11.0 Å². The van der Waals surface area contributed by atoms with E-state index in [0.717, 1.165) is 24.3 Å². The molecular formula is C9H7F3N2OS. The van der Waals surface area contributed by atoms with Gasteiger partial charge in [0, 0.05) is 5.56 Å². The highest BCUT2D eigenvalue weighted by Gasteiger charge is 2.30. The molecule has 0 spiro atoms. The van der Waals surface area contributed by atoms with E-state index < -0.39 is 17.6 Å². The fourth-order valence-electron chi connectivity index (χ4n) is 0.995. The predicted molar refractivity (Wildman–Crippen MR) is 55.7 cm³/mol. The van der Waals surface area contributed by atoms with Crippen molar-refractivity contribution in [2.75, 3.05) is 0 Å². The molecule has 0 saturated heterocycles. The molecule has 0 atom stereocenters. The Morgan fingerprint density at radius 3 is 2.12 bits per heavy atom. The number of carbonyl (C=O) groups is 1. The van der Waals surface area contributed by atoms with Gasteiger partial charge in [0.15, 0.2) is 5.11 Å². The standard InChI is InChI=1S/C9H7F3N2OS/c10-9(11,12)6-3-1-5(2-4-6)7(15)14-8(13)16/h1-4H,(H3,13,14,15,16). The van der Waals surface area contributed by atoms with Crippen LogP contribution in [0.3, 0.4) is 0 Å². The largest absolute Gasteiger partial charge is 0.416 e. The van der Waals surface area contributed by atoms with Crippen LogP contribution in [0.5, 0.6) is 0 Å². The summed E-state index contributed by atoms with van der Waals surface area (Å²) in [4.78, 5) is 11.3. The minimum atomic E-state index is -4.42. The van der Waals surface area contributed by atoms with E-state index in [2.05, 4.69) is 17.5 Å². The summed E-state index contributed by atoms with van der Waals surface area (Å²) in [6.45, 7) is 0. The average molecular weight is 248 g/mol. The number of hydrogen-bond acceptors (Lipinski definition) is 2. The van der Waals surface area contributed by atoms with Crippen LogP contribution in [0, 0.1) is 0 Å². The van der Waals surface area contributed by atoms with Crippen LogP contribution in [-0.2, 0) is 6.18 Å². The Bertz CT molecular complexity index is 414. The van der Waals surface area contributed by atoms with Gasteiger partial charge in [-0.15, -0.1) is 0 Å². The van der Waals surface area contributed by atoms with Gasteiger partial charge in [0.25, 0.3) is 5.91 Å². The Morgan fingerprint density at radius 1 is 1.25 bits per heavy atom. The molecule has 7 heteroatoms. The van der Waals surface area contributed by atoms with Crippen molar-refractivity contribution in [3.8, 4) is 0 Å². The molecule has 0 aliphatic carbocycles. The van der Waals surface area contributed by atoms with Crippen molar-refractivity contribution in [1.29, 1.82) is 0 Å². The predicted octanol–water partition coefficient (Wildman–Crippen LogP) is 1.68. The van der Waals surface area contributed by atoms with Gasteiger partial charge >= 0.3 is 6.18 Å². The molecule has 0 unspecified atom stereocenters. The lowest BCUT2D eigenvalue weighted by molar-refractivity contribution is -0.137. The summed E-state index contributed by atoms with van der Waals surface area (Å²) in [6, 6.07) is 3.73. The minimum Gasteiger partial charge on any atom is -0.376 e. The Labute approximate surface area is 94.4 Å². The van der Waals surface area contributed by atoms with Crippen molar-refractivity contribution < 1.29 is 18.0 Å². The number of benzene rings is 1. The van der Waals surface area contributed by atoms with E-state index in [1.165, 1.54) is 0 Å². The SMILES string of the molecule is NC(=S)NC(=O)c1ccc(C(F)(F)F)cc1. The van der Waals surface area contributed by atoms with Crippen molar-refractivity contribution in [3.63, 3.8) is 0 Å². The van der Waals surface area contributed by atoms with E-state index in [-0.39, 0.29) is 10.7 Å². The normalized spacial score (nSPS) is 10.9. The zero-order chi connectivity index (χ0) is 12.3. The van der Waals surface area contributed by atoms with Crippen LogP contribution in [0.4, 0.5) is 13.2 Å². The van der Waals surface area contributed by atoms with Crippen LogP contribution >= 0.6 is 12.2 Å². The monoisotopic (exact) mass is 248 g/mol. The summed E-state index contributed by atoms with van der Waals surface area (Å²) < 4.78 is 36.6. The molecule has 3 nitrogen and oxygen atoms in total. The van der Waals surface area contributed by atoms with Gasteiger partial charge in [-0.25, -0.2) is 0 Å². The molecule has 0 aromatic heterocycles. The first-order valence-electron chi connectivity index (χ1n) is 4.09.